The zero-order chi connectivity index (χ0) is 15.2. The summed E-state index contributed by atoms with van der Waals surface area (Å²) in [5.74, 6) is 2.17. The van der Waals surface area contributed by atoms with Crippen molar-refractivity contribution in [1.29, 1.82) is 0 Å². The Kier molecular flexibility index (Phi) is 4.98. The first-order valence-corrected chi connectivity index (χ1v) is 7.04. The van der Waals surface area contributed by atoms with Crippen molar-refractivity contribution in [3.63, 3.8) is 0 Å². The van der Waals surface area contributed by atoms with E-state index < -0.39 is 0 Å². The molecular formula is C16H22N4O. The van der Waals surface area contributed by atoms with Gasteiger partial charge in [-0.05, 0) is 19.4 Å². The molecule has 0 fully saturated rings. The first kappa shape index (κ1) is 15.1. The van der Waals surface area contributed by atoms with Gasteiger partial charge in [-0.1, -0.05) is 30.3 Å². The number of ether oxygens (including phenoxy) is 1. The van der Waals surface area contributed by atoms with Crippen LogP contribution in [0.25, 0.3) is 0 Å². The van der Waals surface area contributed by atoms with Crippen LogP contribution in [-0.4, -0.2) is 30.2 Å². The fourth-order valence-corrected chi connectivity index (χ4v) is 2.22. The summed E-state index contributed by atoms with van der Waals surface area (Å²) in [5, 5.41) is 3.04. The second-order valence-corrected chi connectivity index (χ2v) is 5.04. The van der Waals surface area contributed by atoms with E-state index >= 15 is 0 Å². The van der Waals surface area contributed by atoms with Gasteiger partial charge in [0.15, 0.2) is 11.6 Å². The van der Waals surface area contributed by atoms with Crippen LogP contribution in [-0.2, 0) is 6.54 Å². The molecule has 0 unspecified atom stereocenters. The van der Waals surface area contributed by atoms with Gasteiger partial charge in [0.1, 0.15) is 6.33 Å². The molecule has 0 saturated heterocycles. The molecule has 5 nitrogen and oxygen atoms in total. The summed E-state index contributed by atoms with van der Waals surface area (Å²) in [6.07, 6.45) is 1.56. The maximum absolute atomic E-state index is 5.51. The van der Waals surface area contributed by atoms with Crippen molar-refractivity contribution in [1.82, 2.24) is 9.97 Å². The van der Waals surface area contributed by atoms with Crippen LogP contribution in [0.3, 0.4) is 0 Å². The first-order valence-electron chi connectivity index (χ1n) is 7.04. The molecule has 1 heterocycles. The van der Waals surface area contributed by atoms with E-state index in [1.807, 2.05) is 25.2 Å². The Morgan fingerprint density at radius 3 is 2.48 bits per heavy atom. The van der Waals surface area contributed by atoms with Gasteiger partial charge in [-0.2, -0.15) is 0 Å². The van der Waals surface area contributed by atoms with E-state index in [9.17, 15) is 0 Å². The van der Waals surface area contributed by atoms with Crippen LogP contribution in [0.15, 0.2) is 36.7 Å². The zero-order valence-corrected chi connectivity index (χ0v) is 13.0. The van der Waals surface area contributed by atoms with Crippen LogP contribution in [0.4, 0.5) is 11.6 Å². The standard InChI is InChI=1S/C16H22N4O/c1-12(2)20(10-13-8-6-5-7-9-13)16-14(21-4)15(17-3)18-11-19-16/h5-9,11-12H,10H2,1-4H3,(H,17,18,19). The van der Waals surface area contributed by atoms with Crippen LogP contribution < -0.4 is 15.0 Å². The SMILES string of the molecule is CNc1ncnc(N(Cc2ccccc2)C(C)C)c1OC. The van der Waals surface area contributed by atoms with Crippen molar-refractivity contribution in [2.75, 3.05) is 24.4 Å². The van der Waals surface area contributed by atoms with Crippen molar-refractivity contribution in [2.45, 2.75) is 26.4 Å². The molecule has 0 aliphatic carbocycles. The highest BCUT2D eigenvalue weighted by atomic mass is 16.5. The van der Waals surface area contributed by atoms with E-state index in [-0.39, 0.29) is 0 Å². The number of nitrogens with zero attached hydrogens (tertiary/aromatic N) is 3. The summed E-state index contributed by atoms with van der Waals surface area (Å²) in [5.41, 5.74) is 1.23. The van der Waals surface area contributed by atoms with Crippen molar-refractivity contribution in [3.05, 3.63) is 42.2 Å². The molecule has 0 bridgehead atoms. The van der Waals surface area contributed by atoms with E-state index in [2.05, 4.69) is 46.2 Å². The molecule has 1 N–H and O–H groups in total. The third kappa shape index (κ3) is 3.42. The molecule has 112 valence electrons. The molecule has 0 saturated carbocycles. The predicted octanol–water partition coefficient (Wildman–Crippen LogP) is 2.94. The molecule has 21 heavy (non-hydrogen) atoms. The monoisotopic (exact) mass is 286 g/mol. The maximum Gasteiger partial charge on any atom is 0.204 e. The minimum Gasteiger partial charge on any atom is -0.490 e. The summed E-state index contributed by atoms with van der Waals surface area (Å²) in [6.45, 7) is 5.06. The van der Waals surface area contributed by atoms with Crippen LogP contribution in [0, 0.1) is 0 Å². The zero-order valence-electron chi connectivity index (χ0n) is 13.0. The lowest BCUT2D eigenvalue weighted by molar-refractivity contribution is 0.411. The number of benzene rings is 1. The molecule has 0 amide bonds. The van der Waals surface area contributed by atoms with Gasteiger partial charge in [-0.3, -0.25) is 0 Å². The molecule has 0 spiro atoms. The Balaban J connectivity index is 2.39. The average Bonchev–Trinajstić information content (AvgIpc) is 2.52. The number of methoxy groups -OCH3 is 1. The molecule has 0 aliphatic heterocycles. The van der Waals surface area contributed by atoms with Crippen LogP contribution in [0.1, 0.15) is 19.4 Å². The van der Waals surface area contributed by atoms with E-state index in [1.165, 1.54) is 5.56 Å². The Labute approximate surface area is 126 Å². The maximum atomic E-state index is 5.51. The third-order valence-corrected chi connectivity index (χ3v) is 3.32. The minimum atomic E-state index is 0.290. The fourth-order valence-electron chi connectivity index (χ4n) is 2.22. The Hall–Kier alpha value is -2.30. The molecule has 0 radical (unpaired) electrons. The molecule has 5 heteroatoms. The second-order valence-electron chi connectivity index (χ2n) is 5.04. The molecule has 2 rings (SSSR count). The van der Waals surface area contributed by atoms with E-state index in [0.717, 1.165) is 12.4 Å². The van der Waals surface area contributed by atoms with Gasteiger partial charge in [-0.15, -0.1) is 0 Å². The number of nitrogens with one attached hydrogen (secondary N) is 1. The van der Waals surface area contributed by atoms with Crippen LogP contribution in [0.2, 0.25) is 0 Å². The molecule has 0 aliphatic rings. The fraction of sp³-hybridized carbons (Fsp3) is 0.375. The minimum absolute atomic E-state index is 0.290. The summed E-state index contributed by atoms with van der Waals surface area (Å²) in [4.78, 5) is 10.8. The van der Waals surface area contributed by atoms with E-state index in [4.69, 9.17) is 4.74 Å². The van der Waals surface area contributed by atoms with Crippen LogP contribution in [0.5, 0.6) is 5.75 Å². The Bertz CT molecular complexity index is 572. The van der Waals surface area contributed by atoms with E-state index in [0.29, 0.717) is 17.6 Å². The lowest BCUT2D eigenvalue weighted by Gasteiger charge is -2.29. The molecule has 2 aromatic rings. The Morgan fingerprint density at radius 2 is 1.90 bits per heavy atom. The number of hydrogen-bond acceptors (Lipinski definition) is 5. The topological polar surface area (TPSA) is 50.3 Å². The smallest absolute Gasteiger partial charge is 0.204 e. The lowest BCUT2D eigenvalue weighted by Crippen LogP contribution is -2.31. The quantitative estimate of drug-likeness (QED) is 0.885. The number of rotatable bonds is 6. The largest absolute Gasteiger partial charge is 0.490 e. The molecule has 1 aromatic heterocycles. The number of anilines is 2. The highest BCUT2D eigenvalue weighted by Gasteiger charge is 2.20. The highest BCUT2D eigenvalue weighted by molar-refractivity contribution is 5.65. The van der Waals surface area contributed by atoms with Gasteiger partial charge in [-0.25, -0.2) is 9.97 Å². The molecular weight excluding hydrogens is 264 g/mol. The molecule has 0 atom stereocenters. The average molecular weight is 286 g/mol. The van der Waals surface area contributed by atoms with Crippen molar-refractivity contribution >= 4 is 11.6 Å². The van der Waals surface area contributed by atoms with Crippen molar-refractivity contribution < 1.29 is 4.74 Å². The number of hydrogen-bond donors (Lipinski definition) is 1. The van der Waals surface area contributed by atoms with E-state index in [1.54, 1.807) is 13.4 Å². The second kappa shape index (κ2) is 6.92. The van der Waals surface area contributed by atoms with Crippen molar-refractivity contribution in [2.24, 2.45) is 0 Å². The van der Waals surface area contributed by atoms with Crippen molar-refractivity contribution in [3.8, 4) is 5.75 Å². The number of aromatic nitrogens is 2. The summed E-state index contributed by atoms with van der Waals surface area (Å²) >= 11 is 0. The van der Waals surface area contributed by atoms with Gasteiger partial charge in [0, 0.05) is 19.6 Å². The first-order chi connectivity index (χ1) is 10.2. The summed E-state index contributed by atoms with van der Waals surface area (Å²) in [6, 6.07) is 10.6. The van der Waals surface area contributed by atoms with Gasteiger partial charge >= 0.3 is 0 Å². The summed E-state index contributed by atoms with van der Waals surface area (Å²) < 4.78 is 5.51. The van der Waals surface area contributed by atoms with Gasteiger partial charge in [0.2, 0.25) is 5.75 Å². The normalized spacial score (nSPS) is 10.5. The summed E-state index contributed by atoms with van der Waals surface area (Å²) in [7, 11) is 3.47. The highest BCUT2D eigenvalue weighted by Crippen LogP contribution is 2.33. The van der Waals surface area contributed by atoms with Gasteiger partial charge in [0.25, 0.3) is 0 Å². The third-order valence-electron chi connectivity index (χ3n) is 3.32. The Morgan fingerprint density at radius 1 is 1.19 bits per heavy atom. The van der Waals surface area contributed by atoms with Gasteiger partial charge in [0.05, 0.1) is 7.11 Å². The van der Waals surface area contributed by atoms with Gasteiger partial charge < -0.3 is 15.0 Å². The lowest BCUT2D eigenvalue weighted by atomic mass is 10.2. The molecule has 1 aromatic carbocycles. The van der Waals surface area contributed by atoms with Crippen LogP contribution >= 0.6 is 0 Å². The predicted molar refractivity (Wildman–Crippen MR) is 85.9 cm³/mol.